The van der Waals surface area contributed by atoms with Gasteiger partial charge in [-0.2, -0.15) is 0 Å². The second kappa shape index (κ2) is 5.97. The molecule has 1 aliphatic heterocycles. The number of piperidine rings is 1. The van der Waals surface area contributed by atoms with Gasteiger partial charge in [-0.1, -0.05) is 0 Å². The lowest BCUT2D eigenvalue weighted by Gasteiger charge is -2.30. The number of hydrogen-bond donors (Lipinski definition) is 0. The van der Waals surface area contributed by atoms with Gasteiger partial charge in [-0.05, 0) is 31.2 Å². The zero-order valence-corrected chi connectivity index (χ0v) is 12.6. The number of carbonyl (C=O) groups is 1. The van der Waals surface area contributed by atoms with Crippen LogP contribution in [0.3, 0.4) is 0 Å². The minimum Gasteiger partial charge on any atom is -0.291 e. The average molecular weight is 297 g/mol. The summed E-state index contributed by atoms with van der Waals surface area (Å²) >= 11 is 0. The van der Waals surface area contributed by atoms with Gasteiger partial charge in [-0.3, -0.25) is 4.79 Å². The third-order valence-electron chi connectivity index (χ3n) is 3.46. The van der Waals surface area contributed by atoms with E-state index in [0.717, 1.165) is 18.4 Å². The summed E-state index contributed by atoms with van der Waals surface area (Å²) in [5, 5.41) is 0. The van der Waals surface area contributed by atoms with Gasteiger partial charge < -0.3 is 0 Å². The molecule has 0 saturated carbocycles. The van der Waals surface area contributed by atoms with Gasteiger partial charge in [0.15, 0.2) is 11.6 Å². The largest absolute Gasteiger partial charge is 0.291 e. The molecule has 1 aromatic heterocycles. The Morgan fingerprint density at radius 1 is 1.40 bits per heavy atom. The lowest BCUT2D eigenvalue weighted by Crippen LogP contribution is -2.39. The monoisotopic (exact) mass is 297 g/mol. The Morgan fingerprint density at radius 3 is 2.65 bits per heavy atom. The first-order valence-corrected chi connectivity index (χ1v) is 8.48. The van der Waals surface area contributed by atoms with Gasteiger partial charge in [0, 0.05) is 31.9 Å². The van der Waals surface area contributed by atoms with Crippen LogP contribution in [0.2, 0.25) is 0 Å². The number of nitrogens with zero attached hydrogens (tertiary/aromatic N) is 3. The van der Waals surface area contributed by atoms with Gasteiger partial charge in [0.05, 0.1) is 6.26 Å². The smallest absolute Gasteiger partial charge is 0.211 e. The van der Waals surface area contributed by atoms with E-state index in [1.807, 2.05) is 6.92 Å². The second-order valence-corrected chi connectivity index (χ2v) is 7.32. The van der Waals surface area contributed by atoms with Crippen molar-refractivity contribution in [2.75, 3.05) is 19.3 Å². The fraction of sp³-hybridized carbons (Fsp3) is 0.615. The number of hydrogen-bond acceptors (Lipinski definition) is 5. The standard InChI is InChI=1S/C13H19N3O3S/c1-10-7-14-13(15-8-10)12(17)6-11-4-3-5-16(9-11)20(2,18)19/h7-8,11H,3-6,9H2,1-2H3. The molecule has 7 heteroatoms. The van der Waals surface area contributed by atoms with E-state index >= 15 is 0 Å². The third kappa shape index (κ3) is 3.83. The van der Waals surface area contributed by atoms with Crippen LogP contribution in [0, 0.1) is 12.8 Å². The molecule has 0 N–H and O–H groups in total. The Labute approximate surface area is 119 Å². The van der Waals surface area contributed by atoms with Crippen LogP contribution in [0.5, 0.6) is 0 Å². The number of rotatable bonds is 4. The Bertz CT molecular complexity index is 583. The number of sulfonamides is 1. The summed E-state index contributed by atoms with van der Waals surface area (Å²) in [5.74, 6) is 0.147. The SMILES string of the molecule is Cc1cnc(C(=O)CC2CCCN(S(C)(=O)=O)C2)nc1. The van der Waals surface area contributed by atoms with Crippen LogP contribution >= 0.6 is 0 Å². The van der Waals surface area contributed by atoms with Crippen LogP contribution in [0.15, 0.2) is 12.4 Å². The molecule has 1 aliphatic rings. The summed E-state index contributed by atoms with van der Waals surface area (Å²) in [4.78, 5) is 20.1. The molecule has 6 nitrogen and oxygen atoms in total. The predicted molar refractivity (Wildman–Crippen MR) is 74.9 cm³/mol. The van der Waals surface area contributed by atoms with E-state index in [2.05, 4.69) is 9.97 Å². The van der Waals surface area contributed by atoms with E-state index in [9.17, 15) is 13.2 Å². The summed E-state index contributed by atoms with van der Waals surface area (Å²) in [7, 11) is -3.17. The van der Waals surface area contributed by atoms with Crippen molar-refractivity contribution in [2.45, 2.75) is 26.2 Å². The van der Waals surface area contributed by atoms with Crippen molar-refractivity contribution in [1.29, 1.82) is 0 Å². The Morgan fingerprint density at radius 2 is 2.05 bits per heavy atom. The molecular formula is C13H19N3O3S. The van der Waals surface area contributed by atoms with Crippen molar-refractivity contribution in [2.24, 2.45) is 5.92 Å². The van der Waals surface area contributed by atoms with Crippen molar-refractivity contribution in [3.63, 3.8) is 0 Å². The van der Waals surface area contributed by atoms with Crippen LogP contribution < -0.4 is 0 Å². The number of aryl methyl sites for hydroxylation is 1. The van der Waals surface area contributed by atoms with E-state index in [1.165, 1.54) is 10.6 Å². The summed E-state index contributed by atoms with van der Waals surface area (Å²) in [5.41, 5.74) is 0.905. The second-order valence-electron chi connectivity index (χ2n) is 5.34. The first kappa shape index (κ1) is 15.1. The van der Waals surface area contributed by atoms with Crippen LogP contribution in [0.25, 0.3) is 0 Å². The third-order valence-corrected chi connectivity index (χ3v) is 4.72. The fourth-order valence-electron chi connectivity index (χ4n) is 2.38. The average Bonchev–Trinajstić information content (AvgIpc) is 2.38. The maximum atomic E-state index is 12.1. The van der Waals surface area contributed by atoms with E-state index < -0.39 is 10.0 Å². The van der Waals surface area contributed by atoms with E-state index in [-0.39, 0.29) is 17.5 Å². The summed E-state index contributed by atoms with van der Waals surface area (Å²) in [6.07, 6.45) is 6.40. The molecule has 0 spiro atoms. The van der Waals surface area contributed by atoms with E-state index in [4.69, 9.17) is 0 Å². The predicted octanol–water partition coefficient (Wildman–Crippen LogP) is 1.03. The molecule has 0 radical (unpaired) electrons. The number of Topliss-reactive ketones (excluding diaryl/α,β-unsaturated/α-hetero) is 1. The Kier molecular flexibility index (Phi) is 4.49. The van der Waals surface area contributed by atoms with Crippen LogP contribution in [-0.4, -0.2) is 47.8 Å². The summed E-state index contributed by atoms with van der Waals surface area (Å²) in [6.45, 7) is 2.82. The summed E-state index contributed by atoms with van der Waals surface area (Å²) < 4.78 is 24.5. The first-order chi connectivity index (χ1) is 9.36. The minimum absolute atomic E-state index is 0.0517. The zero-order valence-electron chi connectivity index (χ0n) is 11.7. The topological polar surface area (TPSA) is 80.2 Å². The van der Waals surface area contributed by atoms with Crippen molar-refractivity contribution in [1.82, 2.24) is 14.3 Å². The molecule has 2 heterocycles. The molecule has 1 fully saturated rings. The lowest BCUT2D eigenvalue weighted by atomic mass is 9.94. The van der Waals surface area contributed by atoms with Gasteiger partial charge in [-0.25, -0.2) is 22.7 Å². The molecule has 0 bridgehead atoms. The minimum atomic E-state index is -3.17. The molecule has 0 aliphatic carbocycles. The van der Waals surface area contributed by atoms with E-state index in [0.29, 0.717) is 19.5 Å². The zero-order chi connectivity index (χ0) is 14.8. The summed E-state index contributed by atoms with van der Waals surface area (Å²) in [6, 6.07) is 0. The van der Waals surface area contributed by atoms with E-state index in [1.54, 1.807) is 12.4 Å². The van der Waals surface area contributed by atoms with Crippen molar-refractivity contribution < 1.29 is 13.2 Å². The van der Waals surface area contributed by atoms with Gasteiger partial charge in [-0.15, -0.1) is 0 Å². The Hall–Kier alpha value is -1.34. The normalized spacial score (nSPS) is 20.8. The number of aromatic nitrogens is 2. The van der Waals surface area contributed by atoms with Crippen molar-refractivity contribution >= 4 is 15.8 Å². The molecular weight excluding hydrogens is 278 g/mol. The number of ketones is 1. The molecule has 110 valence electrons. The molecule has 20 heavy (non-hydrogen) atoms. The maximum Gasteiger partial charge on any atom is 0.211 e. The highest BCUT2D eigenvalue weighted by molar-refractivity contribution is 7.88. The van der Waals surface area contributed by atoms with Crippen LogP contribution in [0.4, 0.5) is 0 Å². The Balaban J connectivity index is 1.99. The molecule has 1 aromatic rings. The molecule has 2 rings (SSSR count). The molecule has 1 atom stereocenters. The molecule has 0 aromatic carbocycles. The first-order valence-electron chi connectivity index (χ1n) is 6.63. The quantitative estimate of drug-likeness (QED) is 0.775. The maximum absolute atomic E-state index is 12.1. The highest BCUT2D eigenvalue weighted by Crippen LogP contribution is 2.22. The highest BCUT2D eigenvalue weighted by Gasteiger charge is 2.27. The van der Waals surface area contributed by atoms with Gasteiger partial charge in [0.2, 0.25) is 10.0 Å². The number of carbonyl (C=O) groups excluding carboxylic acids is 1. The van der Waals surface area contributed by atoms with Crippen molar-refractivity contribution in [3.05, 3.63) is 23.8 Å². The van der Waals surface area contributed by atoms with Crippen molar-refractivity contribution in [3.8, 4) is 0 Å². The van der Waals surface area contributed by atoms with Gasteiger partial charge >= 0.3 is 0 Å². The molecule has 1 unspecified atom stereocenters. The fourth-order valence-corrected chi connectivity index (χ4v) is 3.33. The lowest BCUT2D eigenvalue weighted by molar-refractivity contribution is 0.0932. The van der Waals surface area contributed by atoms with Gasteiger partial charge in [0.25, 0.3) is 0 Å². The van der Waals surface area contributed by atoms with Gasteiger partial charge in [0.1, 0.15) is 0 Å². The molecule has 1 saturated heterocycles. The highest BCUT2D eigenvalue weighted by atomic mass is 32.2. The van der Waals surface area contributed by atoms with Crippen LogP contribution in [-0.2, 0) is 10.0 Å². The molecule has 0 amide bonds. The van der Waals surface area contributed by atoms with Crippen LogP contribution in [0.1, 0.15) is 35.4 Å².